The van der Waals surface area contributed by atoms with Crippen LogP contribution in [0.4, 0.5) is 22.7 Å². The van der Waals surface area contributed by atoms with Gasteiger partial charge in [-0.05, 0) is 36.4 Å². The number of carbonyl (C=O) groups is 2. The highest BCUT2D eigenvalue weighted by Gasteiger charge is 2.09. The van der Waals surface area contributed by atoms with Gasteiger partial charge in [0.1, 0.15) is 0 Å². The molecule has 0 heterocycles. The van der Waals surface area contributed by atoms with Gasteiger partial charge in [0.25, 0.3) is 5.91 Å². The maximum absolute atomic E-state index is 11.4. The first-order chi connectivity index (χ1) is 9.95. The average Bonchev–Trinajstić information content (AvgIpc) is 2.40. The van der Waals surface area contributed by atoms with Crippen molar-refractivity contribution in [1.29, 1.82) is 0 Å². The van der Waals surface area contributed by atoms with Crippen molar-refractivity contribution in [2.75, 3.05) is 16.4 Å². The molecule has 0 bridgehead atoms. The van der Waals surface area contributed by atoms with E-state index in [2.05, 4.69) is 10.6 Å². The van der Waals surface area contributed by atoms with Crippen LogP contribution >= 0.6 is 0 Å². The smallest absolute Gasteiger partial charge is 0.250 e. The fourth-order valence-corrected chi connectivity index (χ4v) is 1.91. The number of amides is 2. The van der Waals surface area contributed by atoms with E-state index in [1.807, 2.05) is 6.07 Å². The zero-order valence-electron chi connectivity index (χ0n) is 11.5. The average molecular weight is 284 g/mol. The molecule has 2 amide bonds. The molecule has 108 valence electrons. The molecule has 6 heteroatoms. The van der Waals surface area contributed by atoms with Gasteiger partial charge < -0.3 is 22.1 Å². The number of nitrogens with two attached hydrogens (primary N) is 2. The maximum atomic E-state index is 11.4. The van der Waals surface area contributed by atoms with Crippen LogP contribution in [0.2, 0.25) is 0 Å². The molecule has 6 nitrogen and oxygen atoms in total. The van der Waals surface area contributed by atoms with Crippen LogP contribution in [0.25, 0.3) is 0 Å². The Balaban J connectivity index is 2.30. The highest BCUT2D eigenvalue weighted by Crippen LogP contribution is 2.24. The van der Waals surface area contributed by atoms with E-state index in [9.17, 15) is 9.59 Å². The van der Waals surface area contributed by atoms with Crippen LogP contribution in [-0.4, -0.2) is 11.8 Å². The Morgan fingerprint density at radius 1 is 1.05 bits per heavy atom. The summed E-state index contributed by atoms with van der Waals surface area (Å²) >= 11 is 0. The zero-order valence-corrected chi connectivity index (χ0v) is 11.5. The van der Waals surface area contributed by atoms with E-state index < -0.39 is 5.91 Å². The summed E-state index contributed by atoms with van der Waals surface area (Å²) in [5.74, 6) is -0.722. The van der Waals surface area contributed by atoms with Gasteiger partial charge in [-0.2, -0.15) is 0 Å². The van der Waals surface area contributed by atoms with Crippen molar-refractivity contribution in [2.24, 2.45) is 5.73 Å². The number of carbonyl (C=O) groups excluding carboxylic acids is 2. The van der Waals surface area contributed by atoms with Gasteiger partial charge in [0, 0.05) is 24.0 Å². The summed E-state index contributed by atoms with van der Waals surface area (Å²) in [6.07, 6.45) is 0. The first-order valence-corrected chi connectivity index (χ1v) is 6.29. The summed E-state index contributed by atoms with van der Waals surface area (Å²) in [5.41, 5.74) is 13.7. The van der Waals surface area contributed by atoms with Gasteiger partial charge in [-0.25, -0.2) is 0 Å². The molecule has 2 aromatic rings. The van der Waals surface area contributed by atoms with Crippen molar-refractivity contribution in [1.82, 2.24) is 0 Å². The van der Waals surface area contributed by atoms with Crippen molar-refractivity contribution in [3.05, 3.63) is 48.0 Å². The van der Waals surface area contributed by atoms with E-state index in [4.69, 9.17) is 11.5 Å². The largest absolute Gasteiger partial charge is 0.399 e. The zero-order chi connectivity index (χ0) is 15.4. The van der Waals surface area contributed by atoms with Gasteiger partial charge in [0.15, 0.2) is 0 Å². The molecule has 2 aromatic carbocycles. The second-order valence-corrected chi connectivity index (χ2v) is 4.56. The number of hydrogen-bond acceptors (Lipinski definition) is 4. The van der Waals surface area contributed by atoms with E-state index in [0.29, 0.717) is 28.3 Å². The van der Waals surface area contributed by atoms with Crippen LogP contribution in [0.15, 0.2) is 42.5 Å². The third-order valence-electron chi connectivity index (χ3n) is 2.77. The SMILES string of the molecule is CC(=O)Nc1cccc(Nc2ccc(N)cc2C(N)=O)c1. The summed E-state index contributed by atoms with van der Waals surface area (Å²) in [7, 11) is 0. The van der Waals surface area contributed by atoms with Crippen LogP contribution in [0.5, 0.6) is 0 Å². The minimum Gasteiger partial charge on any atom is -0.399 e. The lowest BCUT2D eigenvalue weighted by molar-refractivity contribution is -0.114. The molecule has 6 N–H and O–H groups in total. The molecule has 0 atom stereocenters. The van der Waals surface area contributed by atoms with Crippen molar-refractivity contribution in [2.45, 2.75) is 6.92 Å². The second-order valence-electron chi connectivity index (χ2n) is 4.56. The fourth-order valence-electron chi connectivity index (χ4n) is 1.91. The number of nitrogen functional groups attached to an aromatic ring is 1. The van der Waals surface area contributed by atoms with E-state index in [0.717, 1.165) is 0 Å². The molecular weight excluding hydrogens is 268 g/mol. The molecule has 0 fully saturated rings. The Bertz CT molecular complexity index is 698. The molecule has 0 radical (unpaired) electrons. The van der Waals surface area contributed by atoms with E-state index >= 15 is 0 Å². The van der Waals surface area contributed by atoms with Gasteiger partial charge in [0.05, 0.1) is 11.3 Å². The lowest BCUT2D eigenvalue weighted by Crippen LogP contribution is -2.13. The van der Waals surface area contributed by atoms with Crippen LogP contribution in [0.3, 0.4) is 0 Å². The minimum atomic E-state index is -0.567. The highest BCUT2D eigenvalue weighted by molar-refractivity contribution is 6.00. The van der Waals surface area contributed by atoms with E-state index in [1.165, 1.54) is 13.0 Å². The third kappa shape index (κ3) is 3.73. The van der Waals surface area contributed by atoms with Crippen molar-refractivity contribution in [3.8, 4) is 0 Å². The second kappa shape index (κ2) is 5.96. The van der Waals surface area contributed by atoms with Crippen LogP contribution in [0.1, 0.15) is 17.3 Å². The Morgan fingerprint density at radius 3 is 2.43 bits per heavy atom. The number of rotatable bonds is 4. The molecule has 0 aliphatic rings. The van der Waals surface area contributed by atoms with Crippen LogP contribution in [-0.2, 0) is 4.79 Å². The Morgan fingerprint density at radius 2 is 1.76 bits per heavy atom. The Labute approximate surface area is 122 Å². The van der Waals surface area contributed by atoms with E-state index in [-0.39, 0.29) is 5.91 Å². The van der Waals surface area contributed by atoms with Crippen LogP contribution < -0.4 is 22.1 Å². The third-order valence-corrected chi connectivity index (χ3v) is 2.77. The monoisotopic (exact) mass is 284 g/mol. The van der Waals surface area contributed by atoms with E-state index in [1.54, 1.807) is 30.3 Å². The molecule has 0 aromatic heterocycles. The first-order valence-electron chi connectivity index (χ1n) is 6.29. The summed E-state index contributed by atoms with van der Waals surface area (Å²) in [4.78, 5) is 22.5. The van der Waals surface area contributed by atoms with Gasteiger partial charge in [-0.1, -0.05) is 6.07 Å². The van der Waals surface area contributed by atoms with Gasteiger partial charge in [0.2, 0.25) is 5.91 Å². The maximum Gasteiger partial charge on any atom is 0.250 e. The van der Waals surface area contributed by atoms with Crippen molar-refractivity contribution < 1.29 is 9.59 Å². The lowest BCUT2D eigenvalue weighted by atomic mass is 10.1. The number of nitrogens with one attached hydrogen (secondary N) is 2. The number of anilines is 4. The summed E-state index contributed by atoms with van der Waals surface area (Å²) in [6, 6.07) is 12.0. The molecule has 2 rings (SSSR count). The minimum absolute atomic E-state index is 0.155. The quantitative estimate of drug-likeness (QED) is 0.644. The van der Waals surface area contributed by atoms with Gasteiger partial charge in [-0.3, -0.25) is 9.59 Å². The summed E-state index contributed by atoms with van der Waals surface area (Å²) < 4.78 is 0. The van der Waals surface area contributed by atoms with Crippen molar-refractivity contribution in [3.63, 3.8) is 0 Å². The van der Waals surface area contributed by atoms with Gasteiger partial charge >= 0.3 is 0 Å². The van der Waals surface area contributed by atoms with Crippen LogP contribution in [0, 0.1) is 0 Å². The summed E-state index contributed by atoms with van der Waals surface area (Å²) in [5, 5.41) is 5.77. The Kier molecular flexibility index (Phi) is 4.08. The molecule has 0 aliphatic carbocycles. The number of benzene rings is 2. The molecule has 0 saturated carbocycles. The predicted molar refractivity (Wildman–Crippen MR) is 83.4 cm³/mol. The van der Waals surface area contributed by atoms with Gasteiger partial charge in [-0.15, -0.1) is 0 Å². The standard InChI is InChI=1S/C15H16N4O2/c1-9(20)18-11-3-2-4-12(8-11)19-14-6-5-10(16)7-13(14)15(17)21/h2-8,19H,16H2,1H3,(H2,17,21)(H,18,20). The highest BCUT2D eigenvalue weighted by atomic mass is 16.1. The molecular formula is C15H16N4O2. The molecule has 0 saturated heterocycles. The number of hydrogen-bond donors (Lipinski definition) is 4. The molecule has 0 spiro atoms. The molecule has 21 heavy (non-hydrogen) atoms. The summed E-state index contributed by atoms with van der Waals surface area (Å²) in [6.45, 7) is 1.44. The normalized spacial score (nSPS) is 9.95. The fraction of sp³-hybridized carbons (Fsp3) is 0.0667. The molecule has 0 unspecified atom stereocenters. The number of primary amides is 1. The van der Waals surface area contributed by atoms with Crippen molar-refractivity contribution >= 4 is 34.6 Å². The first kappa shape index (κ1) is 14.4. The lowest BCUT2D eigenvalue weighted by Gasteiger charge is -2.12. The topological polar surface area (TPSA) is 110 Å². The Hall–Kier alpha value is -3.02. The predicted octanol–water partition coefficient (Wildman–Crippen LogP) is 2.07. The molecule has 0 aliphatic heterocycles.